The van der Waals surface area contributed by atoms with Crippen LogP contribution in [-0.2, 0) is 24.8 Å². The van der Waals surface area contributed by atoms with Crippen LogP contribution in [0.4, 0.5) is 4.39 Å². The molecule has 6 heteroatoms. The molecule has 1 atom stereocenters. The third-order valence-electron chi connectivity index (χ3n) is 4.26. The zero-order chi connectivity index (χ0) is 16.4. The van der Waals surface area contributed by atoms with Crippen molar-refractivity contribution in [3.05, 3.63) is 52.1 Å². The molecule has 2 aromatic rings. The number of rotatable bonds is 4. The lowest BCUT2D eigenvalue weighted by atomic mass is 10.1. The first-order valence-electron chi connectivity index (χ1n) is 7.88. The summed E-state index contributed by atoms with van der Waals surface area (Å²) in [5.41, 5.74) is 3.14. The number of aryl methyl sites for hydroxylation is 2. The maximum absolute atomic E-state index is 13.1. The average molecular weight is 338 g/mol. The molecule has 4 nitrogen and oxygen atoms in total. The van der Waals surface area contributed by atoms with Gasteiger partial charge in [-0.1, -0.05) is 30.7 Å². The molecule has 0 bridgehead atoms. The van der Waals surface area contributed by atoms with Gasteiger partial charge in [0.2, 0.25) is 0 Å². The molecule has 1 aromatic heterocycles. The van der Waals surface area contributed by atoms with Crippen molar-refractivity contribution in [2.75, 3.05) is 19.7 Å². The molecule has 2 heterocycles. The number of hydrogen-bond donors (Lipinski definition) is 0. The number of nitrogens with zero attached hydrogens (tertiary/aromatic N) is 3. The molecule has 0 spiro atoms. The Bertz CT molecular complexity index is 671. The minimum absolute atomic E-state index is 0.0372. The van der Waals surface area contributed by atoms with Crippen LogP contribution < -0.4 is 0 Å². The van der Waals surface area contributed by atoms with E-state index in [0.29, 0.717) is 11.8 Å². The van der Waals surface area contributed by atoms with E-state index in [-0.39, 0.29) is 11.9 Å². The number of aromatic nitrogens is 2. The van der Waals surface area contributed by atoms with Gasteiger partial charge in [-0.3, -0.25) is 9.58 Å². The fourth-order valence-electron chi connectivity index (χ4n) is 2.99. The van der Waals surface area contributed by atoms with Gasteiger partial charge in [0.25, 0.3) is 0 Å². The largest absolute Gasteiger partial charge is 0.371 e. The van der Waals surface area contributed by atoms with E-state index in [9.17, 15) is 4.39 Å². The summed E-state index contributed by atoms with van der Waals surface area (Å²) < 4.78 is 20.6. The number of halogens is 2. The first-order valence-corrected chi connectivity index (χ1v) is 8.26. The van der Waals surface area contributed by atoms with Crippen LogP contribution >= 0.6 is 11.6 Å². The van der Waals surface area contributed by atoms with E-state index < -0.39 is 0 Å². The molecule has 1 saturated heterocycles. The predicted octanol–water partition coefficient (Wildman–Crippen LogP) is 3.35. The van der Waals surface area contributed by atoms with Crippen LogP contribution in [0.3, 0.4) is 0 Å². The van der Waals surface area contributed by atoms with Crippen LogP contribution in [0.1, 0.15) is 29.8 Å². The van der Waals surface area contributed by atoms with Crippen LogP contribution in [0.15, 0.2) is 24.3 Å². The van der Waals surface area contributed by atoms with Crippen molar-refractivity contribution in [2.45, 2.75) is 26.0 Å². The normalized spacial score (nSPS) is 19.2. The van der Waals surface area contributed by atoms with Gasteiger partial charge in [0.05, 0.1) is 18.4 Å². The Hall–Kier alpha value is -1.43. The maximum Gasteiger partial charge on any atom is 0.131 e. The molecule has 0 unspecified atom stereocenters. The second kappa shape index (κ2) is 6.99. The highest BCUT2D eigenvalue weighted by Crippen LogP contribution is 2.26. The van der Waals surface area contributed by atoms with Gasteiger partial charge in [-0.25, -0.2) is 4.39 Å². The maximum atomic E-state index is 13.1. The summed E-state index contributed by atoms with van der Waals surface area (Å²) in [6.45, 7) is 5.12. The summed E-state index contributed by atoms with van der Waals surface area (Å²) in [5, 5.41) is 5.17. The minimum atomic E-state index is -0.226. The Morgan fingerprint density at radius 1 is 1.35 bits per heavy atom. The van der Waals surface area contributed by atoms with E-state index in [1.54, 1.807) is 16.8 Å². The second-order valence-electron chi connectivity index (χ2n) is 5.84. The van der Waals surface area contributed by atoms with Crippen LogP contribution in [0.25, 0.3) is 0 Å². The molecule has 3 rings (SSSR count). The molecule has 1 aliphatic heterocycles. The average Bonchev–Trinajstić information content (AvgIpc) is 2.83. The Kier molecular flexibility index (Phi) is 4.99. The lowest BCUT2D eigenvalue weighted by Crippen LogP contribution is -2.38. The van der Waals surface area contributed by atoms with Crippen molar-refractivity contribution in [3.8, 4) is 0 Å². The summed E-state index contributed by atoms with van der Waals surface area (Å²) in [4.78, 5) is 2.32. The van der Waals surface area contributed by atoms with Gasteiger partial charge in [-0.15, -0.1) is 0 Å². The molecule has 0 N–H and O–H groups in total. The molecular weight excluding hydrogens is 317 g/mol. The van der Waals surface area contributed by atoms with Gasteiger partial charge in [-0.2, -0.15) is 5.10 Å². The quantitative estimate of drug-likeness (QED) is 0.857. The highest BCUT2D eigenvalue weighted by atomic mass is 35.5. The Morgan fingerprint density at radius 3 is 2.78 bits per heavy atom. The van der Waals surface area contributed by atoms with Crippen LogP contribution in [0.5, 0.6) is 0 Å². The van der Waals surface area contributed by atoms with Gasteiger partial charge >= 0.3 is 0 Å². The molecule has 0 radical (unpaired) electrons. The van der Waals surface area contributed by atoms with E-state index in [1.807, 2.05) is 7.05 Å². The third kappa shape index (κ3) is 3.57. The van der Waals surface area contributed by atoms with Gasteiger partial charge in [0.1, 0.15) is 11.0 Å². The Labute approximate surface area is 140 Å². The van der Waals surface area contributed by atoms with Gasteiger partial charge in [0.15, 0.2) is 0 Å². The molecule has 0 aliphatic carbocycles. The van der Waals surface area contributed by atoms with E-state index in [2.05, 4.69) is 16.9 Å². The van der Waals surface area contributed by atoms with Crippen molar-refractivity contribution in [2.24, 2.45) is 7.05 Å². The van der Waals surface area contributed by atoms with E-state index >= 15 is 0 Å². The standard InChI is InChI=1S/C17H21ClFN3O/c1-3-15-14(17(18)21(2)20-15)10-22-8-9-23-16(11-22)12-4-6-13(19)7-5-12/h4-7,16H,3,8-11H2,1-2H3/t16-/m0/s1. The number of morpholine rings is 1. The first-order chi connectivity index (χ1) is 11.1. The number of benzene rings is 1. The summed E-state index contributed by atoms with van der Waals surface area (Å²) in [6, 6.07) is 6.53. The smallest absolute Gasteiger partial charge is 0.131 e. The monoisotopic (exact) mass is 337 g/mol. The predicted molar refractivity (Wildman–Crippen MR) is 88.0 cm³/mol. The van der Waals surface area contributed by atoms with Crippen molar-refractivity contribution in [3.63, 3.8) is 0 Å². The van der Waals surface area contributed by atoms with Crippen molar-refractivity contribution >= 4 is 11.6 Å². The molecule has 1 fully saturated rings. The number of hydrogen-bond acceptors (Lipinski definition) is 3. The van der Waals surface area contributed by atoms with Gasteiger partial charge < -0.3 is 4.74 Å². The molecule has 0 amide bonds. The molecule has 0 saturated carbocycles. The minimum Gasteiger partial charge on any atom is -0.371 e. The molecular formula is C17H21ClFN3O. The van der Waals surface area contributed by atoms with Crippen LogP contribution in [0.2, 0.25) is 5.15 Å². The lowest BCUT2D eigenvalue weighted by molar-refractivity contribution is -0.0330. The first kappa shape index (κ1) is 16.4. The van der Waals surface area contributed by atoms with Crippen molar-refractivity contribution in [1.29, 1.82) is 0 Å². The SMILES string of the molecule is CCc1nn(C)c(Cl)c1CN1CCO[C@H](c2ccc(F)cc2)C1. The summed E-state index contributed by atoms with van der Waals surface area (Å²) in [5.74, 6) is -0.226. The zero-order valence-corrected chi connectivity index (χ0v) is 14.2. The van der Waals surface area contributed by atoms with E-state index in [0.717, 1.165) is 42.9 Å². The third-order valence-corrected chi connectivity index (χ3v) is 4.73. The van der Waals surface area contributed by atoms with Crippen molar-refractivity contribution in [1.82, 2.24) is 14.7 Å². The summed E-state index contributed by atoms with van der Waals surface area (Å²) in [7, 11) is 1.87. The molecule has 1 aromatic carbocycles. The van der Waals surface area contributed by atoms with Crippen LogP contribution in [0, 0.1) is 5.82 Å². The highest BCUT2D eigenvalue weighted by molar-refractivity contribution is 6.30. The molecule has 23 heavy (non-hydrogen) atoms. The Balaban J connectivity index is 1.73. The summed E-state index contributed by atoms with van der Waals surface area (Å²) in [6.07, 6.45) is 0.826. The summed E-state index contributed by atoms with van der Waals surface area (Å²) >= 11 is 6.38. The fraction of sp³-hybridized carbons (Fsp3) is 0.471. The van der Waals surface area contributed by atoms with E-state index in [4.69, 9.17) is 16.3 Å². The molecule has 124 valence electrons. The lowest BCUT2D eigenvalue weighted by Gasteiger charge is -2.33. The highest BCUT2D eigenvalue weighted by Gasteiger charge is 2.24. The van der Waals surface area contributed by atoms with Crippen LogP contribution in [-0.4, -0.2) is 34.4 Å². The van der Waals surface area contributed by atoms with Gasteiger partial charge in [0, 0.05) is 32.2 Å². The van der Waals surface area contributed by atoms with Gasteiger partial charge in [-0.05, 0) is 24.1 Å². The van der Waals surface area contributed by atoms with E-state index in [1.165, 1.54) is 12.1 Å². The number of ether oxygens (including phenoxy) is 1. The zero-order valence-electron chi connectivity index (χ0n) is 13.4. The second-order valence-corrected chi connectivity index (χ2v) is 6.20. The van der Waals surface area contributed by atoms with Crippen molar-refractivity contribution < 1.29 is 9.13 Å². The Morgan fingerprint density at radius 2 is 2.09 bits per heavy atom. The molecule has 1 aliphatic rings. The topological polar surface area (TPSA) is 30.3 Å². The fourth-order valence-corrected chi connectivity index (χ4v) is 3.20.